The number of carbonyl (C=O) groups is 1. The highest BCUT2D eigenvalue weighted by atomic mass is 79.9. The topological polar surface area (TPSA) is 20.3 Å². The van der Waals surface area contributed by atoms with E-state index in [4.69, 9.17) is 0 Å². The van der Waals surface area contributed by atoms with E-state index in [1.807, 2.05) is 6.07 Å². The summed E-state index contributed by atoms with van der Waals surface area (Å²) < 4.78 is 27.7. The molecule has 0 atom stereocenters. The molecule has 0 saturated heterocycles. The summed E-state index contributed by atoms with van der Waals surface area (Å²) in [7, 11) is 0. The van der Waals surface area contributed by atoms with Gasteiger partial charge in [0.1, 0.15) is 11.6 Å². The Morgan fingerprint density at radius 2 is 1.95 bits per heavy atom. The van der Waals surface area contributed by atoms with Crippen molar-refractivity contribution in [1.82, 2.24) is 4.90 Å². The van der Waals surface area contributed by atoms with Crippen LogP contribution in [-0.4, -0.2) is 16.8 Å². The lowest BCUT2D eigenvalue weighted by molar-refractivity contribution is 0.0728. The van der Waals surface area contributed by atoms with Gasteiger partial charge in [-0.2, -0.15) is 0 Å². The predicted octanol–water partition coefficient (Wildman–Crippen LogP) is 4.53. The number of hydrogen-bond donors (Lipinski definition) is 0. The zero-order valence-electron chi connectivity index (χ0n) is 11.7. The number of nitrogens with zero attached hydrogens (tertiary/aromatic N) is 1. The fourth-order valence-electron chi connectivity index (χ4n) is 2.37. The number of halogens is 3. The molecule has 1 aliphatic carbocycles. The largest absolute Gasteiger partial charge is 0.331 e. The maximum Gasteiger partial charge on any atom is 0.254 e. The van der Waals surface area contributed by atoms with Gasteiger partial charge in [-0.3, -0.25) is 4.79 Å². The van der Waals surface area contributed by atoms with E-state index in [0.717, 1.165) is 23.4 Å². The van der Waals surface area contributed by atoms with Crippen LogP contribution < -0.4 is 0 Å². The average molecular weight is 366 g/mol. The molecule has 2 aromatic carbocycles. The molecule has 1 aliphatic rings. The van der Waals surface area contributed by atoms with Crippen molar-refractivity contribution in [2.24, 2.45) is 0 Å². The molecule has 3 rings (SSSR count). The summed E-state index contributed by atoms with van der Waals surface area (Å²) in [6, 6.07) is 10.7. The molecule has 5 heteroatoms. The Balaban J connectivity index is 1.85. The third-order valence-corrected chi connectivity index (χ3v) is 4.17. The van der Waals surface area contributed by atoms with Crippen LogP contribution in [0.5, 0.6) is 0 Å². The molecule has 0 aliphatic heterocycles. The van der Waals surface area contributed by atoms with Crippen molar-refractivity contribution in [3.8, 4) is 0 Å². The van der Waals surface area contributed by atoms with Gasteiger partial charge in [0, 0.05) is 34.3 Å². The number of rotatable bonds is 4. The summed E-state index contributed by atoms with van der Waals surface area (Å²) in [6.45, 7) is 0.155. The van der Waals surface area contributed by atoms with Crippen LogP contribution in [0.2, 0.25) is 0 Å². The zero-order chi connectivity index (χ0) is 15.7. The van der Waals surface area contributed by atoms with Crippen molar-refractivity contribution >= 4 is 21.8 Å². The number of carbonyl (C=O) groups excluding carboxylic acids is 1. The lowest BCUT2D eigenvalue weighted by atomic mass is 10.1. The number of hydrogen-bond acceptors (Lipinski definition) is 1. The van der Waals surface area contributed by atoms with E-state index in [2.05, 4.69) is 15.9 Å². The molecule has 22 heavy (non-hydrogen) atoms. The minimum atomic E-state index is -0.618. The Hall–Kier alpha value is -1.75. The molecular weight excluding hydrogens is 352 g/mol. The Labute approximate surface area is 135 Å². The lowest BCUT2D eigenvalue weighted by Gasteiger charge is -2.23. The third kappa shape index (κ3) is 3.35. The molecule has 0 N–H and O–H groups in total. The highest BCUT2D eigenvalue weighted by Crippen LogP contribution is 2.30. The standard InChI is InChI=1S/C17H14BrF2NO/c18-13-3-1-2-11(8-13)17(22)21(15-6-7-15)10-12-4-5-14(19)9-16(12)20/h1-5,8-9,15H,6-7,10H2. The van der Waals surface area contributed by atoms with Gasteiger partial charge < -0.3 is 4.90 Å². The van der Waals surface area contributed by atoms with Crippen LogP contribution >= 0.6 is 15.9 Å². The summed E-state index contributed by atoms with van der Waals surface area (Å²) in [6.07, 6.45) is 1.84. The fraction of sp³-hybridized carbons (Fsp3) is 0.235. The van der Waals surface area contributed by atoms with Crippen LogP contribution in [0.3, 0.4) is 0 Å². The van der Waals surface area contributed by atoms with Gasteiger partial charge in [0.15, 0.2) is 0 Å². The molecule has 1 saturated carbocycles. The van der Waals surface area contributed by atoms with Gasteiger partial charge in [-0.05, 0) is 37.1 Å². The summed E-state index contributed by atoms with van der Waals surface area (Å²) >= 11 is 3.35. The quantitative estimate of drug-likeness (QED) is 0.779. The number of amides is 1. The minimum absolute atomic E-state index is 0.132. The normalized spacial score (nSPS) is 14.0. The van der Waals surface area contributed by atoms with Crippen molar-refractivity contribution in [2.75, 3.05) is 0 Å². The molecular formula is C17H14BrF2NO. The third-order valence-electron chi connectivity index (χ3n) is 3.68. The second-order valence-electron chi connectivity index (χ2n) is 5.41. The first-order chi connectivity index (χ1) is 10.5. The van der Waals surface area contributed by atoms with Crippen LogP contribution in [0, 0.1) is 11.6 Å². The van der Waals surface area contributed by atoms with E-state index < -0.39 is 11.6 Å². The molecule has 0 spiro atoms. The van der Waals surface area contributed by atoms with E-state index in [9.17, 15) is 13.6 Å². The molecule has 0 radical (unpaired) electrons. The highest BCUT2D eigenvalue weighted by Gasteiger charge is 2.33. The molecule has 1 fully saturated rings. The minimum Gasteiger partial charge on any atom is -0.331 e. The summed E-state index contributed by atoms with van der Waals surface area (Å²) in [5.41, 5.74) is 0.889. The van der Waals surface area contributed by atoms with Crippen LogP contribution in [0.15, 0.2) is 46.9 Å². The predicted molar refractivity (Wildman–Crippen MR) is 83.4 cm³/mol. The van der Waals surface area contributed by atoms with Crippen molar-refractivity contribution in [1.29, 1.82) is 0 Å². The second kappa shape index (κ2) is 6.16. The molecule has 0 unspecified atom stereocenters. The van der Waals surface area contributed by atoms with Gasteiger partial charge in [0.25, 0.3) is 5.91 Å². The van der Waals surface area contributed by atoms with Crippen molar-refractivity contribution in [2.45, 2.75) is 25.4 Å². The average Bonchev–Trinajstić information content (AvgIpc) is 3.30. The van der Waals surface area contributed by atoms with Gasteiger partial charge in [-0.1, -0.05) is 28.1 Å². The van der Waals surface area contributed by atoms with Crippen LogP contribution in [-0.2, 0) is 6.54 Å². The highest BCUT2D eigenvalue weighted by molar-refractivity contribution is 9.10. The lowest BCUT2D eigenvalue weighted by Crippen LogP contribution is -2.33. The van der Waals surface area contributed by atoms with Crippen LogP contribution in [0.4, 0.5) is 8.78 Å². The smallest absolute Gasteiger partial charge is 0.254 e. The second-order valence-corrected chi connectivity index (χ2v) is 6.33. The van der Waals surface area contributed by atoms with Gasteiger partial charge in [-0.15, -0.1) is 0 Å². The van der Waals surface area contributed by atoms with E-state index in [0.29, 0.717) is 11.1 Å². The van der Waals surface area contributed by atoms with Gasteiger partial charge in [0.2, 0.25) is 0 Å². The Morgan fingerprint density at radius 3 is 2.59 bits per heavy atom. The first-order valence-electron chi connectivity index (χ1n) is 7.05. The Kier molecular flexibility index (Phi) is 4.25. The van der Waals surface area contributed by atoms with Gasteiger partial charge in [-0.25, -0.2) is 8.78 Å². The van der Waals surface area contributed by atoms with Gasteiger partial charge >= 0.3 is 0 Å². The van der Waals surface area contributed by atoms with E-state index >= 15 is 0 Å². The molecule has 0 aromatic heterocycles. The van der Waals surface area contributed by atoms with Crippen LogP contribution in [0.25, 0.3) is 0 Å². The Morgan fingerprint density at radius 1 is 1.18 bits per heavy atom. The fourth-order valence-corrected chi connectivity index (χ4v) is 2.77. The maximum atomic E-state index is 13.8. The van der Waals surface area contributed by atoms with Crippen molar-refractivity contribution in [3.05, 3.63) is 69.7 Å². The molecule has 0 heterocycles. The summed E-state index contributed by atoms with van der Waals surface area (Å²) in [5, 5.41) is 0. The Bertz CT molecular complexity index is 716. The zero-order valence-corrected chi connectivity index (χ0v) is 13.3. The van der Waals surface area contributed by atoms with E-state index in [-0.39, 0.29) is 18.5 Å². The monoisotopic (exact) mass is 365 g/mol. The first kappa shape index (κ1) is 15.2. The van der Waals surface area contributed by atoms with E-state index in [1.165, 1.54) is 12.1 Å². The van der Waals surface area contributed by atoms with Crippen molar-refractivity contribution < 1.29 is 13.6 Å². The van der Waals surface area contributed by atoms with E-state index in [1.54, 1.807) is 23.1 Å². The molecule has 0 bridgehead atoms. The molecule has 114 valence electrons. The SMILES string of the molecule is O=C(c1cccc(Br)c1)N(Cc1ccc(F)cc1F)C1CC1. The maximum absolute atomic E-state index is 13.8. The molecule has 1 amide bonds. The summed E-state index contributed by atoms with van der Waals surface area (Å²) in [5.74, 6) is -1.36. The number of benzene rings is 2. The molecule has 2 aromatic rings. The van der Waals surface area contributed by atoms with Gasteiger partial charge in [0.05, 0.1) is 0 Å². The van der Waals surface area contributed by atoms with Crippen molar-refractivity contribution in [3.63, 3.8) is 0 Å². The van der Waals surface area contributed by atoms with Crippen LogP contribution in [0.1, 0.15) is 28.8 Å². The molecule has 2 nitrogen and oxygen atoms in total. The first-order valence-corrected chi connectivity index (χ1v) is 7.84. The summed E-state index contributed by atoms with van der Waals surface area (Å²) in [4.78, 5) is 14.3.